The number of piperidine rings is 1. The number of rotatable bonds is 5. The summed E-state index contributed by atoms with van der Waals surface area (Å²) >= 11 is 0. The van der Waals surface area contributed by atoms with Crippen molar-refractivity contribution in [3.8, 4) is 0 Å². The standard InChI is InChI=1S/C10H17NO3/c1-2-14-7-3-4-8-5-6-9(12)11-10(8)13/h8H,2-7H2,1H3,(H,11,12,13). The lowest BCUT2D eigenvalue weighted by Crippen LogP contribution is -2.40. The molecule has 1 unspecified atom stereocenters. The number of imide groups is 1. The van der Waals surface area contributed by atoms with Crippen molar-refractivity contribution in [2.24, 2.45) is 5.92 Å². The van der Waals surface area contributed by atoms with Crippen LogP contribution in [0, 0.1) is 5.92 Å². The largest absolute Gasteiger partial charge is 0.382 e. The SMILES string of the molecule is CCOCCCC1CCC(=O)NC1=O. The third-order valence-corrected chi connectivity index (χ3v) is 2.40. The Kier molecular flexibility index (Phi) is 4.59. The summed E-state index contributed by atoms with van der Waals surface area (Å²) in [5.41, 5.74) is 0. The van der Waals surface area contributed by atoms with Crippen LogP contribution in [-0.4, -0.2) is 25.0 Å². The van der Waals surface area contributed by atoms with Gasteiger partial charge in [0, 0.05) is 25.6 Å². The second-order valence-electron chi connectivity index (χ2n) is 3.49. The summed E-state index contributed by atoms with van der Waals surface area (Å²) in [5, 5.41) is 2.35. The second-order valence-corrected chi connectivity index (χ2v) is 3.49. The van der Waals surface area contributed by atoms with Gasteiger partial charge in [-0.15, -0.1) is 0 Å². The van der Waals surface area contributed by atoms with Crippen LogP contribution in [0.15, 0.2) is 0 Å². The minimum absolute atomic E-state index is 0.00755. The van der Waals surface area contributed by atoms with Crippen LogP contribution in [0.5, 0.6) is 0 Å². The van der Waals surface area contributed by atoms with E-state index in [0.717, 1.165) is 19.4 Å². The quantitative estimate of drug-likeness (QED) is 0.527. The lowest BCUT2D eigenvalue weighted by Gasteiger charge is -2.20. The molecule has 4 heteroatoms. The van der Waals surface area contributed by atoms with Crippen molar-refractivity contribution in [2.45, 2.75) is 32.6 Å². The molecule has 0 aliphatic carbocycles. The minimum atomic E-state index is -0.143. The Morgan fingerprint density at radius 1 is 1.50 bits per heavy atom. The van der Waals surface area contributed by atoms with Gasteiger partial charge in [0.15, 0.2) is 0 Å². The van der Waals surface area contributed by atoms with Crippen molar-refractivity contribution in [1.29, 1.82) is 0 Å². The van der Waals surface area contributed by atoms with Gasteiger partial charge in [-0.1, -0.05) is 0 Å². The predicted octanol–water partition coefficient (Wildman–Crippen LogP) is 0.856. The van der Waals surface area contributed by atoms with Crippen molar-refractivity contribution in [2.75, 3.05) is 13.2 Å². The summed E-state index contributed by atoms with van der Waals surface area (Å²) in [4.78, 5) is 22.1. The molecule has 14 heavy (non-hydrogen) atoms. The van der Waals surface area contributed by atoms with E-state index >= 15 is 0 Å². The van der Waals surface area contributed by atoms with Gasteiger partial charge in [0.25, 0.3) is 0 Å². The summed E-state index contributed by atoms with van der Waals surface area (Å²) in [6.45, 7) is 3.37. The summed E-state index contributed by atoms with van der Waals surface area (Å²) in [6, 6.07) is 0. The number of hydrogen-bond acceptors (Lipinski definition) is 3. The van der Waals surface area contributed by atoms with E-state index in [-0.39, 0.29) is 17.7 Å². The van der Waals surface area contributed by atoms with Crippen LogP contribution in [0.4, 0.5) is 0 Å². The number of carbonyl (C=O) groups excluding carboxylic acids is 2. The van der Waals surface area contributed by atoms with Crippen molar-refractivity contribution >= 4 is 11.8 Å². The highest BCUT2D eigenvalue weighted by Crippen LogP contribution is 2.17. The molecule has 0 aromatic heterocycles. The Morgan fingerprint density at radius 3 is 2.93 bits per heavy atom. The van der Waals surface area contributed by atoms with Crippen LogP contribution in [0.3, 0.4) is 0 Å². The third kappa shape index (κ3) is 3.46. The zero-order valence-corrected chi connectivity index (χ0v) is 8.54. The van der Waals surface area contributed by atoms with E-state index in [9.17, 15) is 9.59 Å². The highest BCUT2D eigenvalue weighted by Gasteiger charge is 2.25. The summed E-state index contributed by atoms with van der Waals surface area (Å²) in [7, 11) is 0. The maximum Gasteiger partial charge on any atom is 0.229 e. The first-order valence-corrected chi connectivity index (χ1v) is 5.15. The monoisotopic (exact) mass is 199 g/mol. The molecule has 1 rings (SSSR count). The minimum Gasteiger partial charge on any atom is -0.382 e. The topological polar surface area (TPSA) is 55.4 Å². The molecule has 4 nitrogen and oxygen atoms in total. The smallest absolute Gasteiger partial charge is 0.229 e. The van der Waals surface area contributed by atoms with E-state index < -0.39 is 0 Å². The van der Waals surface area contributed by atoms with Gasteiger partial charge in [-0.2, -0.15) is 0 Å². The molecule has 80 valence electrons. The van der Waals surface area contributed by atoms with Crippen molar-refractivity contribution < 1.29 is 14.3 Å². The van der Waals surface area contributed by atoms with Gasteiger partial charge in [0.2, 0.25) is 11.8 Å². The molecule has 0 radical (unpaired) electrons. The number of amides is 2. The number of nitrogens with one attached hydrogen (secondary N) is 1. The number of carbonyl (C=O) groups is 2. The summed E-state index contributed by atoms with van der Waals surface area (Å²) < 4.78 is 5.18. The van der Waals surface area contributed by atoms with Gasteiger partial charge in [0.05, 0.1) is 0 Å². The first kappa shape index (κ1) is 11.2. The van der Waals surface area contributed by atoms with Gasteiger partial charge in [-0.3, -0.25) is 14.9 Å². The Balaban J connectivity index is 2.17. The Labute approximate surface area is 84.0 Å². The van der Waals surface area contributed by atoms with E-state index in [0.29, 0.717) is 19.4 Å². The molecule has 0 saturated carbocycles. The molecule has 0 bridgehead atoms. The average Bonchev–Trinajstić information content (AvgIpc) is 2.15. The number of ether oxygens (including phenoxy) is 1. The lowest BCUT2D eigenvalue weighted by molar-refractivity contribution is -0.136. The molecule has 0 aromatic carbocycles. The molecule has 1 fully saturated rings. The summed E-state index contributed by atoms with van der Waals surface area (Å²) in [6.07, 6.45) is 2.88. The van der Waals surface area contributed by atoms with Crippen LogP contribution < -0.4 is 5.32 Å². The molecular formula is C10H17NO3. The fourth-order valence-electron chi connectivity index (χ4n) is 1.59. The Hall–Kier alpha value is -0.900. The fraction of sp³-hybridized carbons (Fsp3) is 0.800. The van der Waals surface area contributed by atoms with Gasteiger partial charge in [0.1, 0.15) is 0 Å². The maximum atomic E-state index is 11.3. The van der Waals surface area contributed by atoms with Gasteiger partial charge < -0.3 is 4.74 Å². The predicted molar refractivity (Wildman–Crippen MR) is 51.6 cm³/mol. The molecular weight excluding hydrogens is 182 g/mol. The van der Waals surface area contributed by atoms with E-state index in [1.807, 2.05) is 6.92 Å². The van der Waals surface area contributed by atoms with Crippen LogP contribution in [0.1, 0.15) is 32.6 Å². The van der Waals surface area contributed by atoms with Crippen molar-refractivity contribution in [3.05, 3.63) is 0 Å². The normalized spacial score (nSPS) is 22.2. The molecule has 1 aliphatic rings. The van der Waals surface area contributed by atoms with Gasteiger partial charge >= 0.3 is 0 Å². The van der Waals surface area contributed by atoms with E-state index in [2.05, 4.69) is 5.32 Å². The average molecular weight is 199 g/mol. The molecule has 1 atom stereocenters. The van der Waals surface area contributed by atoms with E-state index in [4.69, 9.17) is 4.74 Å². The van der Waals surface area contributed by atoms with Crippen LogP contribution >= 0.6 is 0 Å². The molecule has 2 amide bonds. The molecule has 0 aromatic rings. The van der Waals surface area contributed by atoms with E-state index in [1.165, 1.54) is 0 Å². The highest BCUT2D eigenvalue weighted by molar-refractivity contribution is 5.98. The second kappa shape index (κ2) is 5.75. The van der Waals surface area contributed by atoms with Gasteiger partial charge in [-0.05, 0) is 26.2 Å². The molecule has 1 aliphatic heterocycles. The van der Waals surface area contributed by atoms with Crippen LogP contribution in [-0.2, 0) is 14.3 Å². The molecule has 1 N–H and O–H groups in total. The summed E-state index contributed by atoms with van der Waals surface area (Å²) in [5.74, 6) is -0.248. The third-order valence-electron chi connectivity index (χ3n) is 2.40. The fourth-order valence-corrected chi connectivity index (χ4v) is 1.59. The van der Waals surface area contributed by atoms with Crippen LogP contribution in [0.2, 0.25) is 0 Å². The first-order chi connectivity index (χ1) is 6.74. The van der Waals surface area contributed by atoms with E-state index in [1.54, 1.807) is 0 Å². The Bertz CT molecular complexity index is 215. The first-order valence-electron chi connectivity index (χ1n) is 5.15. The lowest BCUT2D eigenvalue weighted by atomic mass is 9.94. The van der Waals surface area contributed by atoms with Crippen molar-refractivity contribution in [1.82, 2.24) is 5.32 Å². The molecule has 1 saturated heterocycles. The Morgan fingerprint density at radius 2 is 2.29 bits per heavy atom. The van der Waals surface area contributed by atoms with Crippen LogP contribution in [0.25, 0.3) is 0 Å². The zero-order chi connectivity index (χ0) is 10.4. The van der Waals surface area contributed by atoms with Gasteiger partial charge in [-0.25, -0.2) is 0 Å². The number of hydrogen-bond donors (Lipinski definition) is 1. The molecule has 1 heterocycles. The van der Waals surface area contributed by atoms with Crippen molar-refractivity contribution in [3.63, 3.8) is 0 Å². The maximum absolute atomic E-state index is 11.3. The highest BCUT2D eigenvalue weighted by atomic mass is 16.5. The zero-order valence-electron chi connectivity index (χ0n) is 8.54. The molecule has 0 spiro atoms.